The minimum absolute atomic E-state index is 0.0241. The SMILES string of the molecule is C=C(CCNC(=O)C1CCOOC1C)NC(=O)COc1ccc(Cl)c(F)c1. The third-order valence-corrected chi connectivity index (χ3v) is 4.25. The molecule has 2 amide bonds. The van der Waals surface area contributed by atoms with E-state index in [0.29, 0.717) is 31.7 Å². The second kappa shape index (κ2) is 10.2. The van der Waals surface area contributed by atoms with Crippen molar-refractivity contribution < 1.29 is 28.5 Å². The molecule has 2 unspecified atom stereocenters. The van der Waals surface area contributed by atoms with Gasteiger partial charge >= 0.3 is 0 Å². The summed E-state index contributed by atoms with van der Waals surface area (Å²) in [6, 6.07) is 3.90. The van der Waals surface area contributed by atoms with E-state index in [9.17, 15) is 14.0 Å². The maximum atomic E-state index is 13.3. The van der Waals surface area contributed by atoms with Crippen molar-refractivity contribution in [3.63, 3.8) is 0 Å². The van der Waals surface area contributed by atoms with Gasteiger partial charge in [0.2, 0.25) is 5.91 Å². The summed E-state index contributed by atoms with van der Waals surface area (Å²) in [6.07, 6.45) is 0.648. The van der Waals surface area contributed by atoms with Crippen LogP contribution in [0.3, 0.4) is 0 Å². The van der Waals surface area contributed by atoms with Crippen molar-refractivity contribution in [2.75, 3.05) is 19.8 Å². The summed E-state index contributed by atoms with van der Waals surface area (Å²) in [5.74, 6) is -1.27. The molecule has 0 saturated carbocycles. The van der Waals surface area contributed by atoms with Crippen molar-refractivity contribution in [1.29, 1.82) is 0 Å². The molecule has 1 saturated heterocycles. The molecule has 0 aromatic heterocycles. The quantitative estimate of drug-likeness (QED) is 0.654. The van der Waals surface area contributed by atoms with Gasteiger partial charge in [0.05, 0.1) is 17.5 Å². The maximum Gasteiger partial charge on any atom is 0.262 e. The molecule has 1 heterocycles. The predicted molar refractivity (Wildman–Crippen MR) is 96.4 cm³/mol. The molecule has 1 aliphatic heterocycles. The minimum atomic E-state index is -0.626. The molecule has 1 aromatic carbocycles. The number of benzene rings is 1. The summed E-state index contributed by atoms with van der Waals surface area (Å²) in [4.78, 5) is 33.8. The Kier molecular flexibility index (Phi) is 8.02. The van der Waals surface area contributed by atoms with Gasteiger partial charge in [0.15, 0.2) is 6.61 Å². The molecule has 148 valence electrons. The lowest BCUT2D eigenvalue weighted by Crippen LogP contribution is -2.41. The van der Waals surface area contributed by atoms with Crippen molar-refractivity contribution in [2.45, 2.75) is 25.9 Å². The zero-order chi connectivity index (χ0) is 19.8. The molecular formula is C18H22ClFN2O5. The number of carbonyl (C=O) groups excluding carboxylic acids is 2. The fraction of sp³-hybridized carbons (Fsp3) is 0.444. The first-order valence-electron chi connectivity index (χ1n) is 8.48. The van der Waals surface area contributed by atoms with Gasteiger partial charge in [-0.2, -0.15) is 0 Å². The average molecular weight is 401 g/mol. The Morgan fingerprint density at radius 3 is 2.93 bits per heavy atom. The first kappa shape index (κ1) is 21.1. The van der Waals surface area contributed by atoms with Crippen LogP contribution >= 0.6 is 11.6 Å². The lowest BCUT2D eigenvalue weighted by Gasteiger charge is -2.26. The first-order chi connectivity index (χ1) is 12.9. The van der Waals surface area contributed by atoms with Gasteiger partial charge in [0, 0.05) is 24.7 Å². The van der Waals surface area contributed by atoms with Crippen molar-refractivity contribution >= 4 is 23.4 Å². The summed E-state index contributed by atoms with van der Waals surface area (Å²) < 4.78 is 18.5. The highest BCUT2D eigenvalue weighted by Gasteiger charge is 2.29. The lowest BCUT2D eigenvalue weighted by molar-refractivity contribution is -0.350. The molecule has 2 rings (SSSR count). The Labute approximate surface area is 161 Å². The number of halogens is 2. The molecule has 0 radical (unpaired) electrons. The van der Waals surface area contributed by atoms with Crippen LogP contribution in [0, 0.1) is 11.7 Å². The average Bonchev–Trinajstić information content (AvgIpc) is 2.63. The van der Waals surface area contributed by atoms with E-state index in [-0.39, 0.29) is 35.3 Å². The summed E-state index contributed by atoms with van der Waals surface area (Å²) in [5.41, 5.74) is 0.433. The van der Waals surface area contributed by atoms with E-state index in [1.807, 2.05) is 0 Å². The molecule has 27 heavy (non-hydrogen) atoms. The van der Waals surface area contributed by atoms with E-state index >= 15 is 0 Å². The van der Waals surface area contributed by atoms with E-state index in [2.05, 4.69) is 17.2 Å². The Bertz CT molecular complexity index is 700. The Hall–Kier alpha value is -2.16. The van der Waals surface area contributed by atoms with Gasteiger partial charge in [-0.05, 0) is 25.5 Å². The number of hydrogen-bond acceptors (Lipinski definition) is 5. The molecule has 1 aromatic rings. The van der Waals surface area contributed by atoms with Crippen LogP contribution in [0.1, 0.15) is 19.8 Å². The van der Waals surface area contributed by atoms with Crippen molar-refractivity contribution in [3.05, 3.63) is 41.3 Å². The fourth-order valence-corrected chi connectivity index (χ4v) is 2.57. The standard InChI is InChI=1S/C18H22ClFN2O5/c1-11(5-7-21-18(24)14-6-8-26-27-12(14)2)22-17(23)10-25-13-3-4-15(19)16(20)9-13/h3-4,9,12,14H,1,5-8,10H2,2H3,(H,21,24)(H,22,23). The van der Waals surface area contributed by atoms with E-state index in [4.69, 9.17) is 26.1 Å². The zero-order valence-electron chi connectivity index (χ0n) is 14.9. The van der Waals surface area contributed by atoms with Crippen LogP contribution < -0.4 is 15.4 Å². The lowest BCUT2D eigenvalue weighted by atomic mass is 9.98. The largest absolute Gasteiger partial charge is 0.484 e. The third kappa shape index (κ3) is 6.82. The topological polar surface area (TPSA) is 85.9 Å². The second-order valence-electron chi connectivity index (χ2n) is 6.08. The fourth-order valence-electron chi connectivity index (χ4n) is 2.46. The van der Waals surface area contributed by atoms with Crippen molar-refractivity contribution in [3.8, 4) is 5.75 Å². The Balaban J connectivity index is 1.65. The Morgan fingerprint density at radius 2 is 2.22 bits per heavy atom. The van der Waals surface area contributed by atoms with Crippen LogP contribution in [0.2, 0.25) is 5.02 Å². The molecule has 9 heteroatoms. The second-order valence-corrected chi connectivity index (χ2v) is 6.48. The third-order valence-electron chi connectivity index (χ3n) is 3.94. The number of rotatable bonds is 8. The van der Waals surface area contributed by atoms with Gasteiger partial charge in [-0.25, -0.2) is 14.2 Å². The normalized spacial score (nSPS) is 19.2. The highest BCUT2D eigenvalue weighted by atomic mass is 35.5. The number of ether oxygens (including phenoxy) is 1. The smallest absolute Gasteiger partial charge is 0.262 e. The molecule has 1 fully saturated rings. The molecule has 2 N–H and O–H groups in total. The molecule has 0 aliphatic carbocycles. The highest BCUT2D eigenvalue weighted by molar-refractivity contribution is 6.30. The summed E-state index contributed by atoms with van der Waals surface area (Å²) in [6.45, 7) is 5.91. The van der Waals surface area contributed by atoms with Crippen LogP contribution in [0.5, 0.6) is 5.75 Å². The van der Waals surface area contributed by atoms with Crippen LogP contribution in [-0.4, -0.2) is 37.7 Å². The van der Waals surface area contributed by atoms with Gasteiger partial charge < -0.3 is 15.4 Å². The van der Waals surface area contributed by atoms with E-state index in [1.165, 1.54) is 12.1 Å². The summed E-state index contributed by atoms with van der Waals surface area (Å²) >= 11 is 5.58. The first-order valence-corrected chi connectivity index (χ1v) is 8.86. The monoisotopic (exact) mass is 400 g/mol. The van der Waals surface area contributed by atoms with E-state index in [0.717, 1.165) is 6.07 Å². The minimum Gasteiger partial charge on any atom is -0.484 e. The molecule has 0 spiro atoms. The number of nitrogens with one attached hydrogen (secondary N) is 2. The number of amides is 2. The van der Waals surface area contributed by atoms with Gasteiger partial charge in [-0.15, -0.1) is 0 Å². The molecule has 7 nitrogen and oxygen atoms in total. The van der Waals surface area contributed by atoms with Gasteiger partial charge in [-0.1, -0.05) is 18.2 Å². The molecular weight excluding hydrogens is 379 g/mol. The van der Waals surface area contributed by atoms with E-state index in [1.54, 1.807) is 6.92 Å². The van der Waals surface area contributed by atoms with Crippen LogP contribution in [0.15, 0.2) is 30.5 Å². The number of carbonyl (C=O) groups is 2. The van der Waals surface area contributed by atoms with E-state index < -0.39 is 11.7 Å². The summed E-state index contributed by atoms with van der Waals surface area (Å²) in [7, 11) is 0. The zero-order valence-corrected chi connectivity index (χ0v) is 15.7. The van der Waals surface area contributed by atoms with Crippen molar-refractivity contribution in [2.24, 2.45) is 5.92 Å². The molecule has 2 atom stereocenters. The van der Waals surface area contributed by atoms with Gasteiger partial charge in [0.25, 0.3) is 5.91 Å². The predicted octanol–water partition coefficient (Wildman–Crippen LogP) is 2.35. The van der Waals surface area contributed by atoms with Crippen LogP contribution in [0.25, 0.3) is 0 Å². The Morgan fingerprint density at radius 1 is 1.44 bits per heavy atom. The van der Waals surface area contributed by atoms with Crippen LogP contribution in [-0.2, 0) is 19.4 Å². The van der Waals surface area contributed by atoms with Crippen LogP contribution in [0.4, 0.5) is 4.39 Å². The molecule has 1 aliphatic rings. The molecule has 0 bridgehead atoms. The summed E-state index contributed by atoms with van der Waals surface area (Å²) in [5, 5.41) is 5.32. The maximum absolute atomic E-state index is 13.3. The van der Waals surface area contributed by atoms with Gasteiger partial charge in [0.1, 0.15) is 17.7 Å². The number of hydrogen-bond donors (Lipinski definition) is 2. The van der Waals surface area contributed by atoms with Crippen molar-refractivity contribution in [1.82, 2.24) is 10.6 Å². The van der Waals surface area contributed by atoms with Gasteiger partial charge in [-0.3, -0.25) is 9.59 Å². The highest BCUT2D eigenvalue weighted by Crippen LogP contribution is 2.20.